The molecule has 0 aliphatic heterocycles. The second-order valence-electron chi connectivity index (χ2n) is 4.56. The molecule has 1 fully saturated rings. The van der Waals surface area contributed by atoms with E-state index in [9.17, 15) is 0 Å². The fourth-order valence-corrected chi connectivity index (χ4v) is 2.80. The summed E-state index contributed by atoms with van der Waals surface area (Å²) in [5.74, 6) is 1.55. The molecule has 0 bridgehead atoms. The Morgan fingerprint density at radius 1 is 1.33 bits per heavy atom. The number of para-hydroxylation sites is 1. The van der Waals surface area contributed by atoms with Crippen LogP contribution >= 0.6 is 15.9 Å². The first-order valence-corrected chi connectivity index (χ1v) is 7.29. The molecule has 18 heavy (non-hydrogen) atoms. The Bertz CT molecular complexity index is 378. The fourth-order valence-electron chi connectivity index (χ4n) is 2.34. The lowest BCUT2D eigenvalue weighted by molar-refractivity contribution is 0.284. The predicted octanol–water partition coefficient (Wildman–Crippen LogP) is 3.37. The van der Waals surface area contributed by atoms with Gasteiger partial charge in [0.15, 0.2) is 11.5 Å². The second kappa shape index (κ2) is 7.00. The lowest BCUT2D eigenvalue weighted by atomic mass is 10.2. The normalized spacial score (nSPS) is 15.9. The van der Waals surface area contributed by atoms with E-state index in [0.29, 0.717) is 12.6 Å². The van der Waals surface area contributed by atoms with Crippen LogP contribution in [0.15, 0.2) is 22.7 Å². The lowest BCUT2D eigenvalue weighted by Crippen LogP contribution is -2.30. The summed E-state index contributed by atoms with van der Waals surface area (Å²) in [6, 6.07) is 6.49. The zero-order valence-corrected chi connectivity index (χ0v) is 12.3. The summed E-state index contributed by atoms with van der Waals surface area (Å²) in [6.45, 7) is 1.55. The van der Waals surface area contributed by atoms with Crippen molar-refractivity contribution in [1.29, 1.82) is 0 Å². The first-order valence-electron chi connectivity index (χ1n) is 6.50. The Balaban J connectivity index is 1.78. The molecule has 100 valence electrons. The first kappa shape index (κ1) is 13.7. The highest BCUT2D eigenvalue weighted by atomic mass is 79.9. The number of hydrogen-bond acceptors (Lipinski definition) is 3. The van der Waals surface area contributed by atoms with Crippen molar-refractivity contribution in [2.75, 3.05) is 20.3 Å². The number of benzene rings is 1. The minimum Gasteiger partial charge on any atom is -0.493 e. The highest BCUT2D eigenvalue weighted by molar-refractivity contribution is 9.10. The molecule has 0 radical (unpaired) electrons. The molecule has 3 nitrogen and oxygen atoms in total. The molecular weight excluding hydrogens is 294 g/mol. The largest absolute Gasteiger partial charge is 0.493 e. The van der Waals surface area contributed by atoms with Crippen LogP contribution in [0.4, 0.5) is 0 Å². The van der Waals surface area contributed by atoms with Crippen molar-refractivity contribution >= 4 is 15.9 Å². The van der Waals surface area contributed by atoms with Crippen molar-refractivity contribution in [3.8, 4) is 11.5 Å². The highest BCUT2D eigenvalue weighted by Gasteiger charge is 2.14. The van der Waals surface area contributed by atoms with Gasteiger partial charge in [0.25, 0.3) is 0 Å². The van der Waals surface area contributed by atoms with E-state index < -0.39 is 0 Å². The summed E-state index contributed by atoms with van der Waals surface area (Å²) in [4.78, 5) is 0. The summed E-state index contributed by atoms with van der Waals surface area (Å²) in [5.41, 5.74) is 0. The van der Waals surface area contributed by atoms with E-state index in [1.807, 2.05) is 18.2 Å². The van der Waals surface area contributed by atoms with E-state index >= 15 is 0 Å². The van der Waals surface area contributed by atoms with E-state index in [0.717, 1.165) is 22.5 Å². The summed E-state index contributed by atoms with van der Waals surface area (Å²) in [7, 11) is 1.66. The van der Waals surface area contributed by atoms with Crippen molar-refractivity contribution in [2.24, 2.45) is 0 Å². The minimum atomic E-state index is 0.662. The summed E-state index contributed by atoms with van der Waals surface area (Å²) >= 11 is 3.48. The average molecular weight is 314 g/mol. The summed E-state index contributed by atoms with van der Waals surface area (Å²) in [6.07, 6.45) is 5.32. The molecule has 0 heterocycles. The van der Waals surface area contributed by atoms with Crippen LogP contribution in [0.2, 0.25) is 0 Å². The summed E-state index contributed by atoms with van der Waals surface area (Å²) in [5, 5.41) is 3.53. The number of halogens is 1. The van der Waals surface area contributed by atoms with Gasteiger partial charge in [-0.05, 0) is 40.9 Å². The monoisotopic (exact) mass is 313 g/mol. The van der Waals surface area contributed by atoms with Crippen molar-refractivity contribution in [3.63, 3.8) is 0 Å². The molecule has 1 N–H and O–H groups in total. The quantitative estimate of drug-likeness (QED) is 0.817. The van der Waals surface area contributed by atoms with Gasteiger partial charge in [-0.3, -0.25) is 0 Å². The average Bonchev–Trinajstić information content (AvgIpc) is 2.89. The number of rotatable bonds is 6. The van der Waals surface area contributed by atoms with Crippen LogP contribution < -0.4 is 14.8 Å². The third-order valence-electron chi connectivity index (χ3n) is 3.29. The lowest BCUT2D eigenvalue weighted by Gasteiger charge is -2.14. The number of hydrogen-bond donors (Lipinski definition) is 1. The number of methoxy groups -OCH3 is 1. The Labute approximate surface area is 117 Å². The minimum absolute atomic E-state index is 0.662. The van der Waals surface area contributed by atoms with Crippen LogP contribution in [-0.4, -0.2) is 26.3 Å². The van der Waals surface area contributed by atoms with Gasteiger partial charge in [-0.25, -0.2) is 0 Å². The standard InChI is InChI=1S/C14H20BrNO2/c1-17-13-8-4-7-12(15)14(13)18-10-9-16-11-5-2-3-6-11/h4,7-8,11,16H,2-3,5-6,9-10H2,1H3. The zero-order valence-electron chi connectivity index (χ0n) is 10.7. The highest BCUT2D eigenvalue weighted by Crippen LogP contribution is 2.34. The molecule has 2 rings (SSSR count). The third kappa shape index (κ3) is 3.62. The molecule has 0 atom stereocenters. The molecule has 1 aliphatic carbocycles. The van der Waals surface area contributed by atoms with Crippen LogP contribution in [0, 0.1) is 0 Å². The fraction of sp³-hybridized carbons (Fsp3) is 0.571. The van der Waals surface area contributed by atoms with Gasteiger partial charge in [0, 0.05) is 12.6 Å². The van der Waals surface area contributed by atoms with Gasteiger partial charge >= 0.3 is 0 Å². The van der Waals surface area contributed by atoms with E-state index in [-0.39, 0.29) is 0 Å². The van der Waals surface area contributed by atoms with Gasteiger partial charge in [-0.2, -0.15) is 0 Å². The zero-order chi connectivity index (χ0) is 12.8. The van der Waals surface area contributed by atoms with Crippen molar-refractivity contribution in [1.82, 2.24) is 5.32 Å². The van der Waals surface area contributed by atoms with Crippen LogP contribution in [0.1, 0.15) is 25.7 Å². The maximum Gasteiger partial charge on any atom is 0.175 e. The van der Waals surface area contributed by atoms with Crippen LogP contribution in [0.25, 0.3) is 0 Å². The summed E-state index contributed by atoms with van der Waals surface area (Å²) < 4.78 is 12.0. The Hall–Kier alpha value is -0.740. The van der Waals surface area contributed by atoms with Gasteiger partial charge in [0.05, 0.1) is 11.6 Å². The Morgan fingerprint density at radius 2 is 2.11 bits per heavy atom. The van der Waals surface area contributed by atoms with E-state index in [2.05, 4.69) is 21.2 Å². The Morgan fingerprint density at radius 3 is 2.83 bits per heavy atom. The van der Waals surface area contributed by atoms with Crippen LogP contribution in [0.3, 0.4) is 0 Å². The molecule has 0 amide bonds. The number of nitrogens with one attached hydrogen (secondary N) is 1. The van der Waals surface area contributed by atoms with Crippen LogP contribution in [0.5, 0.6) is 11.5 Å². The molecule has 1 aromatic rings. The first-order chi connectivity index (χ1) is 8.81. The van der Waals surface area contributed by atoms with Gasteiger partial charge in [-0.1, -0.05) is 18.9 Å². The molecule has 0 aromatic heterocycles. The maximum atomic E-state index is 5.78. The van der Waals surface area contributed by atoms with Gasteiger partial charge < -0.3 is 14.8 Å². The van der Waals surface area contributed by atoms with E-state index in [1.54, 1.807) is 7.11 Å². The molecular formula is C14H20BrNO2. The van der Waals surface area contributed by atoms with Gasteiger partial charge in [-0.15, -0.1) is 0 Å². The second-order valence-corrected chi connectivity index (χ2v) is 5.41. The van der Waals surface area contributed by atoms with E-state index in [4.69, 9.17) is 9.47 Å². The van der Waals surface area contributed by atoms with Crippen LogP contribution in [-0.2, 0) is 0 Å². The molecule has 1 aliphatic rings. The predicted molar refractivity (Wildman–Crippen MR) is 76.4 cm³/mol. The molecule has 0 spiro atoms. The van der Waals surface area contributed by atoms with Crippen molar-refractivity contribution < 1.29 is 9.47 Å². The topological polar surface area (TPSA) is 30.5 Å². The molecule has 4 heteroatoms. The molecule has 1 saturated carbocycles. The van der Waals surface area contributed by atoms with Gasteiger partial charge in [0.1, 0.15) is 6.61 Å². The van der Waals surface area contributed by atoms with Gasteiger partial charge in [0.2, 0.25) is 0 Å². The molecule has 0 saturated heterocycles. The molecule has 1 aromatic carbocycles. The smallest absolute Gasteiger partial charge is 0.175 e. The Kier molecular flexibility index (Phi) is 5.32. The molecule has 0 unspecified atom stereocenters. The van der Waals surface area contributed by atoms with Crippen molar-refractivity contribution in [2.45, 2.75) is 31.7 Å². The maximum absolute atomic E-state index is 5.78. The SMILES string of the molecule is COc1cccc(Br)c1OCCNC1CCCC1. The van der Waals surface area contributed by atoms with Crippen molar-refractivity contribution in [3.05, 3.63) is 22.7 Å². The third-order valence-corrected chi connectivity index (χ3v) is 3.91. The number of ether oxygens (including phenoxy) is 2. The van der Waals surface area contributed by atoms with E-state index in [1.165, 1.54) is 25.7 Å².